The van der Waals surface area contributed by atoms with Gasteiger partial charge in [0.25, 0.3) is 5.91 Å². The number of rotatable bonds is 5. The second kappa shape index (κ2) is 5.44. The average molecular weight is 241 g/mol. The van der Waals surface area contributed by atoms with Crippen LogP contribution in [0.2, 0.25) is 0 Å². The highest BCUT2D eigenvalue weighted by atomic mass is 16.4. The molecular weight excluding hydrogens is 226 g/mol. The Morgan fingerprint density at radius 1 is 1.59 bits per heavy atom. The maximum absolute atomic E-state index is 11.8. The van der Waals surface area contributed by atoms with Crippen molar-refractivity contribution in [1.82, 2.24) is 15.1 Å². The summed E-state index contributed by atoms with van der Waals surface area (Å²) in [6.45, 7) is 1.41. The number of hydrogen-bond donors (Lipinski definition) is 3. The number of aliphatic carboxylic acids is 1. The van der Waals surface area contributed by atoms with E-state index in [0.717, 1.165) is 0 Å². The van der Waals surface area contributed by atoms with E-state index in [1.54, 1.807) is 14.0 Å². The Kier molecular flexibility index (Phi) is 4.22. The molecule has 0 spiro atoms. The van der Waals surface area contributed by atoms with Gasteiger partial charge in [0.15, 0.2) is 0 Å². The normalized spacial score (nSPS) is 12.2. The summed E-state index contributed by atoms with van der Waals surface area (Å²) in [5.41, 5.74) is 0.979. The molecule has 1 aromatic rings. The molecule has 0 aliphatic heterocycles. The molecule has 94 valence electrons. The first-order valence-electron chi connectivity index (χ1n) is 5.10. The zero-order chi connectivity index (χ0) is 13.0. The number of carbonyl (C=O) groups is 2. The van der Waals surface area contributed by atoms with Gasteiger partial charge in [-0.25, -0.2) is 4.79 Å². The number of nitrogens with zero attached hydrogens (tertiary/aromatic N) is 2. The third-order valence-corrected chi connectivity index (χ3v) is 2.50. The van der Waals surface area contributed by atoms with Crippen molar-refractivity contribution in [2.75, 3.05) is 6.61 Å². The van der Waals surface area contributed by atoms with E-state index in [1.807, 2.05) is 0 Å². The lowest BCUT2D eigenvalue weighted by Crippen LogP contribution is -2.41. The maximum atomic E-state index is 11.8. The first-order valence-corrected chi connectivity index (χ1v) is 5.10. The molecule has 0 radical (unpaired) electrons. The number of hydrogen-bond acceptors (Lipinski definition) is 4. The minimum atomic E-state index is -1.17. The lowest BCUT2D eigenvalue weighted by Gasteiger charge is -2.12. The van der Waals surface area contributed by atoms with Gasteiger partial charge in [-0.05, 0) is 6.92 Å². The molecule has 1 rings (SSSR count). The quantitative estimate of drug-likeness (QED) is 0.632. The molecule has 7 heteroatoms. The Morgan fingerprint density at radius 3 is 2.65 bits per heavy atom. The van der Waals surface area contributed by atoms with E-state index < -0.39 is 17.9 Å². The molecule has 7 nitrogen and oxygen atoms in total. The Bertz CT molecular complexity index is 427. The summed E-state index contributed by atoms with van der Waals surface area (Å²) in [7, 11) is 1.69. The largest absolute Gasteiger partial charge is 0.480 e. The van der Waals surface area contributed by atoms with E-state index in [4.69, 9.17) is 10.2 Å². The molecule has 0 unspecified atom stereocenters. The van der Waals surface area contributed by atoms with Crippen LogP contribution in [0.4, 0.5) is 0 Å². The smallest absolute Gasteiger partial charge is 0.326 e. The molecule has 0 aliphatic carbocycles. The third kappa shape index (κ3) is 3.04. The van der Waals surface area contributed by atoms with E-state index in [1.165, 1.54) is 10.9 Å². The molecule has 0 bridgehead atoms. The number of carbonyl (C=O) groups excluding carboxylic acids is 1. The average Bonchev–Trinajstić information content (AvgIpc) is 2.59. The zero-order valence-corrected chi connectivity index (χ0v) is 9.67. The molecular formula is C10H15N3O4. The van der Waals surface area contributed by atoms with Crippen LogP contribution in [0.1, 0.15) is 22.5 Å². The lowest BCUT2D eigenvalue weighted by molar-refractivity contribution is -0.139. The fourth-order valence-corrected chi connectivity index (χ4v) is 1.34. The van der Waals surface area contributed by atoms with Gasteiger partial charge < -0.3 is 15.5 Å². The maximum Gasteiger partial charge on any atom is 0.326 e. The molecule has 0 saturated heterocycles. The van der Waals surface area contributed by atoms with Crippen molar-refractivity contribution in [2.45, 2.75) is 19.4 Å². The van der Waals surface area contributed by atoms with Crippen LogP contribution in [-0.2, 0) is 11.8 Å². The van der Waals surface area contributed by atoms with E-state index in [-0.39, 0.29) is 13.0 Å². The van der Waals surface area contributed by atoms with Crippen LogP contribution < -0.4 is 5.32 Å². The van der Waals surface area contributed by atoms with Gasteiger partial charge in [0, 0.05) is 25.8 Å². The molecule has 0 aromatic carbocycles. The van der Waals surface area contributed by atoms with Crippen molar-refractivity contribution in [3.63, 3.8) is 0 Å². The minimum Gasteiger partial charge on any atom is -0.480 e. The predicted octanol–water partition coefficient (Wildman–Crippen LogP) is -0.706. The summed E-state index contributed by atoms with van der Waals surface area (Å²) < 4.78 is 1.52. The lowest BCUT2D eigenvalue weighted by atomic mass is 10.2. The number of aliphatic hydroxyl groups excluding tert-OH is 1. The fraction of sp³-hybridized carbons (Fsp3) is 0.500. The summed E-state index contributed by atoms with van der Waals surface area (Å²) in [4.78, 5) is 22.6. The van der Waals surface area contributed by atoms with Crippen LogP contribution in [0, 0.1) is 6.92 Å². The highest BCUT2D eigenvalue weighted by Gasteiger charge is 2.21. The van der Waals surface area contributed by atoms with Crippen molar-refractivity contribution in [3.8, 4) is 0 Å². The van der Waals surface area contributed by atoms with Crippen molar-refractivity contribution in [3.05, 3.63) is 17.5 Å². The monoisotopic (exact) mass is 241 g/mol. The van der Waals surface area contributed by atoms with E-state index in [2.05, 4.69) is 10.4 Å². The Morgan fingerprint density at radius 2 is 2.24 bits per heavy atom. The van der Waals surface area contributed by atoms with Crippen LogP contribution in [-0.4, -0.2) is 44.5 Å². The van der Waals surface area contributed by atoms with Gasteiger partial charge in [0.2, 0.25) is 0 Å². The van der Waals surface area contributed by atoms with E-state index in [0.29, 0.717) is 11.3 Å². The molecule has 1 aromatic heterocycles. The second-order valence-corrected chi connectivity index (χ2v) is 3.64. The van der Waals surface area contributed by atoms with Crippen molar-refractivity contribution < 1.29 is 19.8 Å². The Balaban J connectivity index is 2.77. The van der Waals surface area contributed by atoms with Gasteiger partial charge in [-0.15, -0.1) is 0 Å². The van der Waals surface area contributed by atoms with Crippen molar-refractivity contribution in [2.24, 2.45) is 7.05 Å². The Labute approximate surface area is 98.1 Å². The van der Waals surface area contributed by atoms with Gasteiger partial charge in [-0.1, -0.05) is 0 Å². The zero-order valence-electron chi connectivity index (χ0n) is 9.67. The summed E-state index contributed by atoms with van der Waals surface area (Å²) in [5.74, 6) is -1.68. The first-order chi connectivity index (χ1) is 7.97. The summed E-state index contributed by atoms with van der Waals surface area (Å²) in [5, 5.41) is 23.8. The number of nitrogens with one attached hydrogen (secondary N) is 1. The highest BCUT2D eigenvalue weighted by Crippen LogP contribution is 2.06. The minimum absolute atomic E-state index is 0.0274. The summed E-state index contributed by atoms with van der Waals surface area (Å²) >= 11 is 0. The molecule has 1 amide bonds. The van der Waals surface area contributed by atoms with Crippen LogP contribution in [0.25, 0.3) is 0 Å². The molecule has 0 fully saturated rings. The molecule has 0 saturated carbocycles. The van der Waals surface area contributed by atoms with Crippen LogP contribution in [0.3, 0.4) is 0 Å². The Hall–Kier alpha value is -1.89. The van der Waals surface area contributed by atoms with Gasteiger partial charge in [-0.2, -0.15) is 5.10 Å². The molecule has 3 N–H and O–H groups in total. The van der Waals surface area contributed by atoms with Crippen LogP contribution >= 0.6 is 0 Å². The number of carboxylic acids is 1. The number of carboxylic acid groups (broad SMARTS) is 1. The number of aryl methyl sites for hydroxylation is 1. The molecule has 17 heavy (non-hydrogen) atoms. The topological polar surface area (TPSA) is 104 Å². The summed E-state index contributed by atoms with van der Waals surface area (Å²) in [6, 6.07) is -1.09. The van der Waals surface area contributed by atoms with Crippen molar-refractivity contribution in [1.29, 1.82) is 0 Å². The predicted molar refractivity (Wildman–Crippen MR) is 58.5 cm³/mol. The molecule has 1 heterocycles. The van der Waals surface area contributed by atoms with E-state index >= 15 is 0 Å². The van der Waals surface area contributed by atoms with Crippen LogP contribution in [0.5, 0.6) is 0 Å². The SMILES string of the molecule is Cc1c(C(=O)N[C@@H](CCO)C(=O)O)cnn1C. The number of amides is 1. The van der Waals surface area contributed by atoms with Crippen molar-refractivity contribution >= 4 is 11.9 Å². The highest BCUT2D eigenvalue weighted by molar-refractivity contribution is 5.97. The van der Waals surface area contributed by atoms with Gasteiger partial charge in [-0.3, -0.25) is 9.48 Å². The third-order valence-electron chi connectivity index (χ3n) is 2.50. The van der Waals surface area contributed by atoms with Gasteiger partial charge >= 0.3 is 5.97 Å². The second-order valence-electron chi connectivity index (χ2n) is 3.64. The first kappa shape index (κ1) is 13.2. The van der Waals surface area contributed by atoms with Crippen LogP contribution in [0.15, 0.2) is 6.20 Å². The number of aliphatic hydroxyl groups is 1. The van der Waals surface area contributed by atoms with Gasteiger partial charge in [0.1, 0.15) is 6.04 Å². The number of aromatic nitrogens is 2. The standard InChI is InChI=1S/C10H15N3O4/c1-6-7(5-11-13(6)2)9(15)12-8(3-4-14)10(16)17/h5,8,14H,3-4H2,1-2H3,(H,12,15)(H,16,17)/t8-/m0/s1. The summed E-state index contributed by atoms with van der Waals surface area (Å²) in [6.07, 6.45) is 1.35. The van der Waals surface area contributed by atoms with E-state index in [9.17, 15) is 9.59 Å². The molecule has 0 aliphatic rings. The van der Waals surface area contributed by atoms with Gasteiger partial charge in [0.05, 0.1) is 11.8 Å². The fourth-order valence-electron chi connectivity index (χ4n) is 1.34. The molecule has 1 atom stereocenters.